The van der Waals surface area contributed by atoms with Gasteiger partial charge >= 0.3 is 0 Å². The van der Waals surface area contributed by atoms with Gasteiger partial charge in [0.1, 0.15) is 0 Å². The Morgan fingerprint density at radius 3 is 2.12 bits per heavy atom. The highest BCUT2D eigenvalue weighted by Crippen LogP contribution is 2.41. The van der Waals surface area contributed by atoms with E-state index in [1.54, 1.807) is 0 Å². The number of nitrogens with two attached hydrogens (primary N) is 2. The lowest BCUT2D eigenvalue weighted by atomic mass is 9.68. The molecule has 5 N–H and O–H groups in total. The first-order valence-corrected chi connectivity index (χ1v) is 6.01. The Bertz CT molecular complexity index is 261. The lowest BCUT2D eigenvalue weighted by Gasteiger charge is -2.40. The summed E-state index contributed by atoms with van der Waals surface area (Å²) in [5.41, 5.74) is 10.2. The van der Waals surface area contributed by atoms with Crippen molar-refractivity contribution in [1.82, 2.24) is 0 Å². The van der Waals surface area contributed by atoms with Gasteiger partial charge in [-0.2, -0.15) is 0 Å². The van der Waals surface area contributed by atoms with Crippen LogP contribution in [0.3, 0.4) is 0 Å². The van der Waals surface area contributed by atoms with Crippen molar-refractivity contribution < 1.29 is 5.11 Å². The van der Waals surface area contributed by atoms with Crippen molar-refractivity contribution in [3.8, 4) is 0 Å². The van der Waals surface area contributed by atoms with E-state index in [1.165, 1.54) is 0 Å². The van der Waals surface area contributed by atoms with Gasteiger partial charge in [-0.1, -0.05) is 20.8 Å². The molecular weight excluding hydrogens is 329 g/mol. The highest BCUT2D eigenvalue weighted by atomic mass is 127. The molecule has 0 amide bonds. The minimum absolute atomic E-state index is 0. The lowest BCUT2D eigenvalue weighted by molar-refractivity contribution is -0.0171. The van der Waals surface area contributed by atoms with Gasteiger partial charge in [-0.15, -0.1) is 24.0 Å². The summed E-state index contributed by atoms with van der Waals surface area (Å²) in [4.78, 5) is 3.93. The predicted octanol–water partition coefficient (Wildman–Crippen LogP) is 1.85. The average molecular weight is 355 g/mol. The minimum atomic E-state index is -0.689. The van der Waals surface area contributed by atoms with E-state index in [2.05, 4.69) is 25.8 Å². The second kappa shape index (κ2) is 6.22. The van der Waals surface area contributed by atoms with Gasteiger partial charge in [-0.25, -0.2) is 0 Å². The van der Waals surface area contributed by atoms with E-state index in [4.69, 9.17) is 11.5 Å². The van der Waals surface area contributed by atoms with Gasteiger partial charge in [0.15, 0.2) is 5.96 Å². The van der Waals surface area contributed by atoms with Gasteiger partial charge in [-0.3, -0.25) is 4.99 Å². The normalized spacial score (nSPS) is 29.3. The molecule has 0 saturated heterocycles. The largest absolute Gasteiger partial charge is 0.388 e. The molecular formula is C12H26IN3O. The van der Waals surface area contributed by atoms with Crippen LogP contribution in [0.25, 0.3) is 0 Å². The molecule has 1 rings (SSSR count). The standard InChI is InChI=1S/C12H25N3O.HI/c1-11(2,3)9-4-6-12(16,7-5-9)8-15-10(13)14;/h9,16H,4-8H2,1-3H3,(H4,13,14,15);1H. The summed E-state index contributed by atoms with van der Waals surface area (Å²) < 4.78 is 0. The molecule has 0 aliphatic heterocycles. The van der Waals surface area contributed by atoms with Crippen LogP contribution in [0.1, 0.15) is 46.5 Å². The van der Waals surface area contributed by atoms with Gasteiger partial charge in [0.2, 0.25) is 0 Å². The molecule has 0 atom stereocenters. The van der Waals surface area contributed by atoms with E-state index >= 15 is 0 Å². The molecule has 0 aromatic carbocycles. The van der Waals surface area contributed by atoms with Crippen LogP contribution < -0.4 is 11.5 Å². The van der Waals surface area contributed by atoms with Gasteiger partial charge in [-0.05, 0) is 37.0 Å². The Morgan fingerprint density at radius 1 is 1.29 bits per heavy atom. The first-order chi connectivity index (χ1) is 7.23. The summed E-state index contributed by atoms with van der Waals surface area (Å²) in [6, 6.07) is 0. The fourth-order valence-electron chi connectivity index (χ4n) is 2.42. The third-order valence-corrected chi connectivity index (χ3v) is 3.70. The van der Waals surface area contributed by atoms with Crippen molar-refractivity contribution in [3.05, 3.63) is 0 Å². The van der Waals surface area contributed by atoms with Crippen LogP contribution >= 0.6 is 24.0 Å². The van der Waals surface area contributed by atoms with E-state index in [9.17, 15) is 5.11 Å². The van der Waals surface area contributed by atoms with Crippen LogP contribution in [-0.2, 0) is 0 Å². The molecule has 0 aromatic heterocycles. The van der Waals surface area contributed by atoms with Crippen LogP contribution in [0, 0.1) is 11.3 Å². The summed E-state index contributed by atoms with van der Waals surface area (Å²) in [5, 5.41) is 10.3. The van der Waals surface area contributed by atoms with Crippen molar-refractivity contribution in [2.75, 3.05) is 6.54 Å². The van der Waals surface area contributed by atoms with Gasteiger partial charge in [0, 0.05) is 0 Å². The molecule has 0 aromatic rings. The van der Waals surface area contributed by atoms with Crippen LogP contribution in [0.15, 0.2) is 4.99 Å². The lowest BCUT2D eigenvalue weighted by Crippen LogP contribution is -2.40. The number of guanidine groups is 1. The second-order valence-electron chi connectivity index (χ2n) is 6.11. The van der Waals surface area contributed by atoms with Gasteiger partial charge < -0.3 is 16.6 Å². The van der Waals surface area contributed by atoms with E-state index in [0.717, 1.165) is 25.7 Å². The average Bonchev–Trinajstić information content (AvgIpc) is 2.14. The summed E-state index contributed by atoms with van der Waals surface area (Å²) in [7, 11) is 0. The molecule has 4 nitrogen and oxygen atoms in total. The number of hydrogen-bond acceptors (Lipinski definition) is 2. The Morgan fingerprint density at radius 2 is 1.76 bits per heavy atom. The SMILES string of the molecule is CC(C)(C)C1CCC(O)(CN=C(N)N)CC1.I. The summed E-state index contributed by atoms with van der Waals surface area (Å²) in [5.74, 6) is 0.748. The number of aliphatic hydroxyl groups is 1. The fourth-order valence-corrected chi connectivity index (χ4v) is 2.42. The van der Waals surface area contributed by atoms with E-state index in [1.807, 2.05) is 0 Å². The topological polar surface area (TPSA) is 84.6 Å². The second-order valence-corrected chi connectivity index (χ2v) is 6.11. The molecule has 1 aliphatic rings. The van der Waals surface area contributed by atoms with Gasteiger partial charge in [0.05, 0.1) is 12.1 Å². The highest BCUT2D eigenvalue weighted by Gasteiger charge is 2.37. The molecule has 5 heteroatoms. The summed E-state index contributed by atoms with van der Waals surface area (Å²) in [6.07, 6.45) is 3.71. The van der Waals surface area contributed by atoms with Crippen molar-refractivity contribution in [1.29, 1.82) is 0 Å². The third kappa shape index (κ3) is 5.42. The summed E-state index contributed by atoms with van der Waals surface area (Å²) >= 11 is 0. The molecule has 102 valence electrons. The van der Waals surface area contributed by atoms with Crippen LogP contribution in [0.5, 0.6) is 0 Å². The van der Waals surface area contributed by atoms with Crippen molar-refractivity contribution in [2.45, 2.75) is 52.1 Å². The zero-order valence-electron chi connectivity index (χ0n) is 11.1. The maximum absolute atomic E-state index is 10.3. The molecule has 1 saturated carbocycles. The number of halogens is 1. The number of hydrogen-bond donors (Lipinski definition) is 3. The molecule has 0 heterocycles. The van der Waals surface area contributed by atoms with Crippen molar-refractivity contribution in [2.24, 2.45) is 27.8 Å². The van der Waals surface area contributed by atoms with Crippen LogP contribution in [0.2, 0.25) is 0 Å². The number of rotatable bonds is 2. The third-order valence-electron chi connectivity index (χ3n) is 3.70. The van der Waals surface area contributed by atoms with Crippen LogP contribution in [-0.4, -0.2) is 23.2 Å². The van der Waals surface area contributed by atoms with E-state index in [0.29, 0.717) is 17.9 Å². The Balaban J connectivity index is 0.00000256. The van der Waals surface area contributed by atoms with E-state index < -0.39 is 5.60 Å². The summed E-state index contributed by atoms with van der Waals surface area (Å²) in [6.45, 7) is 7.13. The highest BCUT2D eigenvalue weighted by molar-refractivity contribution is 14.0. The number of aliphatic imine (C=N–C) groups is 1. The molecule has 0 spiro atoms. The molecule has 0 unspecified atom stereocenters. The number of nitrogens with zero attached hydrogens (tertiary/aromatic N) is 1. The maximum Gasteiger partial charge on any atom is 0.186 e. The molecule has 1 aliphatic carbocycles. The van der Waals surface area contributed by atoms with Crippen LogP contribution in [0.4, 0.5) is 0 Å². The zero-order valence-corrected chi connectivity index (χ0v) is 13.4. The quantitative estimate of drug-likeness (QED) is 0.402. The fraction of sp³-hybridized carbons (Fsp3) is 0.917. The molecule has 1 fully saturated rings. The maximum atomic E-state index is 10.3. The van der Waals surface area contributed by atoms with E-state index in [-0.39, 0.29) is 29.9 Å². The van der Waals surface area contributed by atoms with Gasteiger partial charge in [0.25, 0.3) is 0 Å². The monoisotopic (exact) mass is 355 g/mol. The molecule has 0 radical (unpaired) electrons. The van der Waals surface area contributed by atoms with Crippen molar-refractivity contribution >= 4 is 29.9 Å². The Kier molecular flexibility index (Phi) is 6.21. The minimum Gasteiger partial charge on any atom is -0.388 e. The predicted molar refractivity (Wildman–Crippen MR) is 82.5 cm³/mol. The Labute approximate surface area is 121 Å². The Hall–Kier alpha value is -0.0400. The molecule has 17 heavy (non-hydrogen) atoms. The van der Waals surface area contributed by atoms with Crippen molar-refractivity contribution in [3.63, 3.8) is 0 Å². The first kappa shape index (κ1) is 17.0. The smallest absolute Gasteiger partial charge is 0.186 e. The zero-order chi connectivity index (χ0) is 12.4. The molecule has 0 bridgehead atoms. The first-order valence-electron chi connectivity index (χ1n) is 6.01.